The second-order valence-electron chi connectivity index (χ2n) is 3.95. The summed E-state index contributed by atoms with van der Waals surface area (Å²) in [6.07, 6.45) is -0.148. The Morgan fingerprint density at radius 3 is 3.00 bits per heavy atom. The highest BCUT2D eigenvalue weighted by atomic mass is 16.4. The van der Waals surface area contributed by atoms with Crippen molar-refractivity contribution in [3.63, 3.8) is 0 Å². The van der Waals surface area contributed by atoms with E-state index in [0.717, 1.165) is 28.7 Å². The molecule has 2 heterocycles. The van der Waals surface area contributed by atoms with Crippen molar-refractivity contribution >= 4 is 17.1 Å². The van der Waals surface area contributed by atoms with Gasteiger partial charge in [0, 0.05) is 17.5 Å². The molecule has 0 saturated heterocycles. The van der Waals surface area contributed by atoms with Gasteiger partial charge in [0.25, 0.3) is 0 Å². The lowest BCUT2D eigenvalue weighted by Crippen LogP contribution is -2.34. The van der Waals surface area contributed by atoms with E-state index in [2.05, 4.69) is 0 Å². The molecule has 4 heteroatoms. The minimum absolute atomic E-state index is 0.360. The molecule has 1 aromatic carbocycles. The van der Waals surface area contributed by atoms with Gasteiger partial charge in [-0.15, -0.1) is 0 Å². The first-order chi connectivity index (χ1) is 7.75. The highest BCUT2D eigenvalue weighted by molar-refractivity contribution is 5.82. The molecule has 1 N–H and O–H groups in total. The zero-order chi connectivity index (χ0) is 11.1. The second kappa shape index (κ2) is 3.27. The average Bonchev–Trinajstić information content (AvgIpc) is 2.66. The molecule has 1 aliphatic heterocycles. The molecule has 3 rings (SSSR count). The maximum absolute atomic E-state index is 10.9. The summed E-state index contributed by atoms with van der Waals surface area (Å²) >= 11 is 0. The summed E-state index contributed by atoms with van der Waals surface area (Å²) in [7, 11) is 0. The van der Waals surface area contributed by atoms with Crippen LogP contribution in [0.1, 0.15) is 11.3 Å². The van der Waals surface area contributed by atoms with Gasteiger partial charge in [-0.25, -0.2) is 4.79 Å². The Labute approximate surface area is 92.1 Å². The number of benzene rings is 1. The standard InChI is InChI=1S/C12H11NO3/c14-12(15)13-6-5-9-8-3-1-2-4-10(8)16-11(9)7-13/h1-4H,5-7H2,(H,14,15). The molecule has 82 valence electrons. The van der Waals surface area contributed by atoms with Crippen LogP contribution in [0.2, 0.25) is 0 Å². The first-order valence-electron chi connectivity index (χ1n) is 5.23. The minimum Gasteiger partial charge on any atom is -0.465 e. The summed E-state index contributed by atoms with van der Waals surface area (Å²) in [6.45, 7) is 0.908. The van der Waals surface area contributed by atoms with Gasteiger partial charge in [-0.05, 0) is 12.5 Å². The lowest BCUT2D eigenvalue weighted by molar-refractivity contribution is 0.135. The normalized spacial score (nSPS) is 15.1. The van der Waals surface area contributed by atoms with Gasteiger partial charge in [0.15, 0.2) is 0 Å². The third kappa shape index (κ3) is 1.26. The molecule has 0 atom stereocenters. The van der Waals surface area contributed by atoms with E-state index in [1.807, 2.05) is 24.3 Å². The number of rotatable bonds is 0. The zero-order valence-corrected chi connectivity index (χ0v) is 8.64. The lowest BCUT2D eigenvalue weighted by atomic mass is 10.0. The highest BCUT2D eigenvalue weighted by Gasteiger charge is 2.24. The number of nitrogens with zero attached hydrogens (tertiary/aromatic N) is 1. The summed E-state index contributed by atoms with van der Waals surface area (Å²) in [5.74, 6) is 0.787. The van der Waals surface area contributed by atoms with Crippen molar-refractivity contribution in [2.75, 3.05) is 6.54 Å². The number of fused-ring (bicyclic) bond motifs is 3. The molecular formula is C12H11NO3. The summed E-state index contributed by atoms with van der Waals surface area (Å²) < 4.78 is 5.67. The first-order valence-corrected chi connectivity index (χ1v) is 5.23. The van der Waals surface area contributed by atoms with Gasteiger partial charge in [0.1, 0.15) is 11.3 Å². The molecule has 1 aromatic heterocycles. The van der Waals surface area contributed by atoms with Gasteiger partial charge in [0.2, 0.25) is 0 Å². The fraction of sp³-hybridized carbons (Fsp3) is 0.250. The van der Waals surface area contributed by atoms with Crippen molar-refractivity contribution in [1.29, 1.82) is 0 Å². The molecule has 0 saturated carbocycles. The molecule has 0 unspecified atom stereocenters. The van der Waals surface area contributed by atoms with Gasteiger partial charge in [-0.2, -0.15) is 0 Å². The molecule has 4 nitrogen and oxygen atoms in total. The fourth-order valence-electron chi connectivity index (χ4n) is 2.21. The minimum atomic E-state index is -0.883. The van der Waals surface area contributed by atoms with Crippen LogP contribution in [0.5, 0.6) is 0 Å². The third-order valence-electron chi connectivity index (χ3n) is 3.02. The predicted octanol–water partition coefficient (Wildman–Crippen LogP) is 2.47. The Hall–Kier alpha value is -1.97. The summed E-state index contributed by atoms with van der Waals surface area (Å²) in [4.78, 5) is 12.2. The van der Waals surface area contributed by atoms with Gasteiger partial charge in [-0.1, -0.05) is 18.2 Å². The van der Waals surface area contributed by atoms with Crippen molar-refractivity contribution < 1.29 is 14.3 Å². The van der Waals surface area contributed by atoms with Crippen LogP contribution in [0.25, 0.3) is 11.0 Å². The molecule has 16 heavy (non-hydrogen) atoms. The van der Waals surface area contributed by atoms with Crippen LogP contribution in [0, 0.1) is 0 Å². The van der Waals surface area contributed by atoms with Crippen molar-refractivity contribution in [2.24, 2.45) is 0 Å². The van der Waals surface area contributed by atoms with E-state index < -0.39 is 6.09 Å². The van der Waals surface area contributed by atoms with Crippen LogP contribution in [-0.4, -0.2) is 22.6 Å². The van der Waals surface area contributed by atoms with Crippen molar-refractivity contribution in [1.82, 2.24) is 4.90 Å². The summed E-state index contributed by atoms with van der Waals surface area (Å²) in [6, 6.07) is 7.83. The van der Waals surface area contributed by atoms with E-state index in [9.17, 15) is 4.79 Å². The van der Waals surface area contributed by atoms with Crippen molar-refractivity contribution in [3.05, 3.63) is 35.6 Å². The van der Waals surface area contributed by atoms with Crippen LogP contribution < -0.4 is 0 Å². The average molecular weight is 217 g/mol. The number of hydrogen-bond donors (Lipinski definition) is 1. The molecule has 0 radical (unpaired) electrons. The quantitative estimate of drug-likeness (QED) is 0.737. The van der Waals surface area contributed by atoms with Crippen LogP contribution in [0.15, 0.2) is 28.7 Å². The predicted molar refractivity (Wildman–Crippen MR) is 58.4 cm³/mol. The van der Waals surface area contributed by atoms with E-state index in [1.165, 1.54) is 4.90 Å². The maximum atomic E-state index is 10.9. The van der Waals surface area contributed by atoms with Gasteiger partial charge in [-0.3, -0.25) is 0 Å². The lowest BCUT2D eigenvalue weighted by Gasteiger charge is -2.22. The zero-order valence-electron chi connectivity index (χ0n) is 8.64. The number of hydrogen-bond acceptors (Lipinski definition) is 2. The van der Waals surface area contributed by atoms with E-state index >= 15 is 0 Å². The van der Waals surface area contributed by atoms with E-state index in [1.54, 1.807) is 0 Å². The molecule has 0 bridgehead atoms. The molecule has 0 spiro atoms. The topological polar surface area (TPSA) is 53.7 Å². The van der Waals surface area contributed by atoms with E-state index in [0.29, 0.717) is 13.1 Å². The number of para-hydroxylation sites is 1. The van der Waals surface area contributed by atoms with Crippen LogP contribution in [0.3, 0.4) is 0 Å². The van der Waals surface area contributed by atoms with Crippen LogP contribution in [-0.2, 0) is 13.0 Å². The van der Waals surface area contributed by atoms with Crippen molar-refractivity contribution in [2.45, 2.75) is 13.0 Å². The Balaban J connectivity index is 2.09. The molecule has 0 aliphatic carbocycles. The van der Waals surface area contributed by atoms with E-state index in [4.69, 9.17) is 9.52 Å². The van der Waals surface area contributed by atoms with Gasteiger partial charge < -0.3 is 14.4 Å². The summed E-state index contributed by atoms with van der Waals surface area (Å²) in [5.41, 5.74) is 2.01. The Morgan fingerprint density at radius 1 is 1.38 bits per heavy atom. The third-order valence-corrected chi connectivity index (χ3v) is 3.02. The second-order valence-corrected chi connectivity index (χ2v) is 3.95. The number of furan rings is 1. The summed E-state index contributed by atoms with van der Waals surface area (Å²) in [5, 5.41) is 10.0. The van der Waals surface area contributed by atoms with Crippen LogP contribution in [0.4, 0.5) is 4.79 Å². The Morgan fingerprint density at radius 2 is 2.19 bits per heavy atom. The van der Waals surface area contributed by atoms with Crippen LogP contribution >= 0.6 is 0 Å². The Bertz CT molecular complexity index is 558. The van der Waals surface area contributed by atoms with Crippen molar-refractivity contribution in [3.8, 4) is 0 Å². The number of amides is 1. The fourth-order valence-corrected chi connectivity index (χ4v) is 2.21. The molecule has 2 aromatic rings. The highest BCUT2D eigenvalue weighted by Crippen LogP contribution is 2.30. The number of carboxylic acid groups (broad SMARTS) is 1. The monoisotopic (exact) mass is 217 g/mol. The SMILES string of the molecule is O=C(O)N1CCc2c(oc3ccccc23)C1. The van der Waals surface area contributed by atoms with Gasteiger partial charge in [0.05, 0.1) is 6.54 Å². The maximum Gasteiger partial charge on any atom is 0.407 e. The largest absolute Gasteiger partial charge is 0.465 e. The van der Waals surface area contributed by atoms with E-state index in [-0.39, 0.29) is 0 Å². The Kier molecular flexibility index (Phi) is 1.89. The number of carbonyl (C=O) groups is 1. The molecule has 0 fully saturated rings. The molecule has 1 amide bonds. The van der Waals surface area contributed by atoms with Gasteiger partial charge >= 0.3 is 6.09 Å². The smallest absolute Gasteiger partial charge is 0.407 e. The molecule has 1 aliphatic rings. The molecular weight excluding hydrogens is 206 g/mol. The first kappa shape index (κ1) is 9.27.